The van der Waals surface area contributed by atoms with E-state index in [4.69, 9.17) is 0 Å². The Morgan fingerprint density at radius 3 is 2.47 bits per heavy atom. The maximum absolute atomic E-state index is 11.3. The number of hydrogen-bond donors (Lipinski definition) is 1. The third kappa shape index (κ3) is 2.81. The number of carboxylic acid groups (broad SMARTS) is 1. The van der Waals surface area contributed by atoms with E-state index >= 15 is 0 Å². The molecule has 1 aliphatic rings. The van der Waals surface area contributed by atoms with E-state index in [-0.39, 0.29) is 12.0 Å². The van der Waals surface area contributed by atoms with Gasteiger partial charge in [0.2, 0.25) is 0 Å². The number of rotatable bonds is 4. The van der Waals surface area contributed by atoms with Gasteiger partial charge in [0, 0.05) is 0 Å². The van der Waals surface area contributed by atoms with Crippen LogP contribution < -0.4 is 0 Å². The maximum Gasteiger partial charge on any atom is 0.305 e. The molecule has 1 heterocycles. The first-order valence-corrected chi connectivity index (χ1v) is 6.98. The summed E-state index contributed by atoms with van der Waals surface area (Å²) in [5.41, 5.74) is 3.18. The van der Waals surface area contributed by atoms with Gasteiger partial charge in [-0.1, -0.05) is 23.8 Å². The molecular weight excluding hydrogens is 238 g/mol. The number of likely N-dealkylation sites (tertiary alicyclic amines) is 1. The molecule has 0 bridgehead atoms. The molecule has 1 fully saturated rings. The zero-order chi connectivity index (χ0) is 14.0. The van der Waals surface area contributed by atoms with Crippen molar-refractivity contribution in [1.29, 1.82) is 0 Å². The maximum atomic E-state index is 11.3. The lowest BCUT2D eigenvalue weighted by Gasteiger charge is -2.39. The third-order valence-corrected chi connectivity index (χ3v) is 4.26. The minimum atomic E-state index is -0.727. The summed E-state index contributed by atoms with van der Waals surface area (Å²) in [6.45, 7) is 8.22. The molecular formula is C16H23NO2. The number of aliphatic carboxylic acids is 1. The summed E-state index contributed by atoms with van der Waals surface area (Å²) in [4.78, 5) is 13.6. The molecule has 0 radical (unpaired) electrons. The molecule has 1 aromatic carbocycles. The van der Waals surface area contributed by atoms with Crippen LogP contribution in [0.5, 0.6) is 0 Å². The average molecular weight is 261 g/mol. The zero-order valence-corrected chi connectivity index (χ0v) is 12.1. The van der Waals surface area contributed by atoms with Crippen LogP contribution in [0.15, 0.2) is 18.2 Å². The number of benzene rings is 1. The van der Waals surface area contributed by atoms with Gasteiger partial charge in [0.1, 0.15) is 0 Å². The monoisotopic (exact) mass is 261 g/mol. The van der Waals surface area contributed by atoms with E-state index < -0.39 is 5.97 Å². The molecule has 1 unspecified atom stereocenters. The van der Waals surface area contributed by atoms with Gasteiger partial charge in [-0.05, 0) is 57.8 Å². The Balaban J connectivity index is 2.43. The third-order valence-electron chi connectivity index (χ3n) is 4.26. The molecule has 0 saturated carbocycles. The molecule has 1 aliphatic heterocycles. The number of carbonyl (C=O) groups is 1. The second-order valence-electron chi connectivity index (χ2n) is 5.86. The van der Waals surface area contributed by atoms with Gasteiger partial charge in [0.15, 0.2) is 0 Å². The number of hydrogen-bond acceptors (Lipinski definition) is 2. The predicted octanol–water partition coefficient (Wildman–Crippen LogP) is 3.09. The summed E-state index contributed by atoms with van der Waals surface area (Å²) < 4.78 is 0. The van der Waals surface area contributed by atoms with Gasteiger partial charge in [0.25, 0.3) is 0 Å². The number of carboxylic acids is 1. The fourth-order valence-electron chi connectivity index (χ4n) is 3.30. The highest BCUT2D eigenvalue weighted by molar-refractivity contribution is 5.69. The van der Waals surface area contributed by atoms with Crippen LogP contribution in [0.1, 0.15) is 42.9 Å². The fraction of sp³-hybridized carbons (Fsp3) is 0.562. The van der Waals surface area contributed by atoms with Crippen molar-refractivity contribution in [2.24, 2.45) is 0 Å². The average Bonchev–Trinajstić information content (AvgIpc) is 2.81. The molecule has 0 spiro atoms. The molecule has 0 aromatic heterocycles. The fourth-order valence-corrected chi connectivity index (χ4v) is 3.30. The number of nitrogens with zero attached hydrogens (tertiary/aromatic N) is 1. The Morgan fingerprint density at radius 2 is 1.95 bits per heavy atom. The summed E-state index contributed by atoms with van der Waals surface area (Å²) in [7, 11) is 0. The van der Waals surface area contributed by atoms with Gasteiger partial charge in [-0.25, -0.2) is 0 Å². The Labute approximate surface area is 115 Å². The van der Waals surface area contributed by atoms with Crippen molar-refractivity contribution >= 4 is 5.97 Å². The largest absolute Gasteiger partial charge is 0.481 e. The van der Waals surface area contributed by atoms with E-state index in [1.807, 2.05) is 0 Å². The highest BCUT2D eigenvalue weighted by Crippen LogP contribution is 2.36. The standard InChI is InChI=1S/C16H23NO2/c1-12-6-7-14(13(2)10-12)16(3,11-15(18)19)17-8-4-5-9-17/h6-7,10H,4-5,8-9,11H2,1-3H3,(H,18,19). The van der Waals surface area contributed by atoms with Crippen molar-refractivity contribution in [3.8, 4) is 0 Å². The lowest BCUT2D eigenvalue weighted by molar-refractivity contribution is -0.140. The van der Waals surface area contributed by atoms with Gasteiger partial charge < -0.3 is 5.11 Å². The molecule has 0 amide bonds. The molecule has 2 rings (SSSR count). The van der Waals surface area contributed by atoms with Crippen molar-refractivity contribution in [3.63, 3.8) is 0 Å². The van der Waals surface area contributed by atoms with E-state index in [2.05, 4.69) is 43.9 Å². The summed E-state index contributed by atoms with van der Waals surface area (Å²) >= 11 is 0. The molecule has 1 aromatic rings. The van der Waals surface area contributed by atoms with Crippen LogP contribution in [0.4, 0.5) is 0 Å². The summed E-state index contributed by atoms with van der Waals surface area (Å²) in [5.74, 6) is -0.727. The predicted molar refractivity (Wildman–Crippen MR) is 76.3 cm³/mol. The lowest BCUT2D eigenvalue weighted by Crippen LogP contribution is -2.44. The van der Waals surface area contributed by atoms with E-state index in [9.17, 15) is 9.90 Å². The minimum absolute atomic E-state index is 0.164. The van der Waals surface area contributed by atoms with Crippen LogP contribution in [-0.2, 0) is 10.3 Å². The van der Waals surface area contributed by atoms with Crippen LogP contribution in [-0.4, -0.2) is 29.1 Å². The van der Waals surface area contributed by atoms with Gasteiger partial charge in [-0.3, -0.25) is 9.69 Å². The Kier molecular flexibility index (Phi) is 3.95. The second kappa shape index (κ2) is 5.33. The van der Waals surface area contributed by atoms with Crippen LogP contribution in [0, 0.1) is 13.8 Å². The van der Waals surface area contributed by atoms with E-state index in [1.54, 1.807) is 0 Å². The normalized spacial score (nSPS) is 19.3. The quantitative estimate of drug-likeness (QED) is 0.905. The molecule has 0 aliphatic carbocycles. The van der Waals surface area contributed by atoms with Crippen molar-refractivity contribution in [3.05, 3.63) is 34.9 Å². The highest BCUT2D eigenvalue weighted by atomic mass is 16.4. The van der Waals surface area contributed by atoms with Crippen molar-refractivity contribution in [2.75, 3.05) is 13.1 Å². The van der Waals surface area contributed by atoms with E-state index in [0.717, 1.165) is 18.7 Å². The molecule has 104 valence electrons. The summed E-state index contributed by atoms with van der Waals surface area (Å²) in [6, 6.07) is 6.33. The summed E-state index contributed by atoms with van der Waals surface area (Å²) in [5, 5.41) is 9.29. The smallest absolute Gasteiger partial charge is 0.305 e. The van der Waals surface area contributed by atoms with Crippen LogP contribution >= 0.6 is 0 Å². The Hall–Kier alpha value is -1.35. The molecule has 1 saturated heterocycles. The second-order valence-corrected chi connectivity index (χ2v) is 5.86. The molecule has 3 heteroatoms. The molecule has 1 atom stereocenters. The summed E-state index contributed by atoms with van der Waals surface area (Å²) in [6.07, 6.45) is 2.50. The first-order chi connectivity index (χ1) is 8.93. The van der Waals surface area contributed by atoms with Gasteiger partial charge in [0.05, 0.1) is 12.0 Å². The van der Waals surface area contributed by atoms with E-state index in [0.29, 0.717) is 0 Å². The Morgan fingerprint density at radius 1 is 1.32 bits per heavy atom. The number of aryl methyl sites for hydroxylation is 2. The molecule has 1 N–H and O–H groups in total. The van der Waals surface area contributed by atoms with Crippen LogP contribution in [0.2, 0.25) is 0 Å². The Bertz CT molecular complexity index is 478. The van der Waals surface area contributed by atoms with Crippen LogP contribution in [0.25, 0.3) is 0 Å². The van der Waals surface area contributed by atoms with Gasteiger partial charge in [-0.15, -0.1) is 0 Å². The molecule has 19 heavy (non-hydrogen) atoms. The zero-order valence-electron chi connectivity index (χ0n) is 12.1. The topological polar surface area (TPSA) is 40.5 Å². The van der Waals surface area contributed by atoms with Crippen molar-refractivity contribution < 1.29 is 9.90 Å². The first kappa shape index (κ1) is 14.1. The SMILES string of the molecule is Cc1ccc(C(C)(CC(=O)O)N2CCCC2)c(C)c1. The minimum Gasteiger partial charge on any atom is -0.481 e. The molecule has 3 nitrogen and oxygen atoms in total. The van der Waals surface area contributed by atoms with Crippen molar-refractivity contribution in [2.45, 2.75) is 45.6 Å². The van der Waals surface area contributed by atoms with Gasteiger partial charge in [-0.2, -0.15) is 0 Å². The first-order valence-electron chi connectivity index (χ1n) is 6.98. The highest BCUT2D eigenvalue weighted by Gasteiger charge is 2.38. The van der Waals surface area contributed by atoms with E-state index in [1.165, 1.54) is 24.0 Å². The van der Waals surface area contributed by atoms with Gasteiger partial charge >= 0.3 is 5.97 Å². The lowest BCUT2D eigenvalue weighted by atomic mass is 9.83. The van der Waals surface area contributed by atoms with Crippen molar-refractivity contribution in [1.82, 2.24) is 4.90 Å². The van der Waals surface area contributed by atoms with Crippen LogP contribution in [0.3, 0.4) is 0 Å².